The van der Waals surface area contributed by atoms with Gasteiger partial charge in [-0.2, -0.15) is 0 Å². The summed E-state index contributed by atoms with van der Waals surface area (Å²) in [4.78, 5) is 18.9. The number of pyridine rings is 1. The molecule has 0 aliphatic carbocycles. The first kappa shape index (κ1) is 25.1. The lowest BCUT2D eigenvalue weighted by Gasteiger charge is -2.30. The molecular formula is C29H29FN6O3. The highest BCUT2D eigenvalue weighted by Gasteiger charge is 2.32. The SMILES string of the molecule is Cc1cccc2cc(C(c3nnnn3CC3CCCO3)N(Cc3ccc(F)cc3)Cc3ccco3)c(=O)[nH]c12. The fourth-order valence-electron chi connectivity index (χ4n) is 5.29. The van der Waals surface area contributed by atoms with Crippen molar-refractivity contribution in [3.63, 3.8) is 0 Å². The summed E-state index contributed by atoms with van der Waals surface area (Å²) in [5.41, 5.74) is 2.93. The van der Waals surface area contributed by atoms with Crippen LogP contribution in [0.5, 0.6) is 0 Å². The third kappa shape index (κ3) is 5.39. The molecule has 10 heteroatoms. The molecule has 1 saturated heterocycles. The van der Waals surface area contributed by atoms with E-state index in [0.717, 1.165) is 34.9 Å². The molecule has 6 rings (SSSR count). The van der Waals surface area contributed by atoms with Crippen molar-refractivity contribution in [2.75, 3.05) is 6.61 Å². The summed E-state index contributed by atoms with van der Waals surface area (Å²) in [6.45, 7) is 3.92. The van der Waals surface area contributed by atoms with Crippen molar-refractivity contribution >= 4 is 10.9 Å². The maximum Gasteiger partial charge on any atom is 0.253 e. The Morgan fingerprint density at radius 2 is 2.03 bits per heavy atom. The maximum absolute atomic E-state index is 13.7. The lowest BCUT2D eigenvalue weighted by Crippen LogP contribution is -2.35. The summed E-state index contributed by atoms with van der Waals surface area (Å²) in [5.74, 6) is 0.930. The van der Waals surface area contributed by atoms with Gasteiger partial charge < -0.3 is 14.1 Å². The molecule has 39 heavy (non-hydrogen) atoms. The van der Waals surface area contributed by atoms with Crippen molar-refractivity contribution in [2.45, 2.75) is 51.5 Å². The highest BCUT2D eigenvalue weighted by molar-refractivity contribution is 5.82. The Bertz CT molecular complexity index is 1610. The van der Waals surface area contributed by atoms with Crippen molar-refractivity contribution in [3.05, 3.63) is 111 Å². The van der Waals surface area contributed by atoms with Crippen molar-refractivity contribution in [3.8, 4) is 0 Å². The Labute approximate surface area is 224 Å². The minimum absolute atomic E-state index is 0.000981. The van der Waals surface area contributed by atoms with Gasteiger partial charge in [-0.3, -0.25) is 9.69 Å². The van der Waals surface area contributed by atoms with Gasteiger partial charge >= 0.3 is 0 Å². The maximum atomic E-state index is 13.7. The number of hydrogen-bond acceptors (Lipinski definition) is 7. The zero-order chi connectivity index (χ0) is 26.8. The van der Waals surface area contributed by atoms with Crippen LogP contribution >= 0.6 is 0 Å². The second-order valence-corrected chi connectivity index (χ2v) is 9.96. The second kappa shape index (κ2) is 10.9. The van der Waals surface area contributed by atoms with E-state index in [4.69, 9.17) is 9.15 Å². The number of tetrazole rings is 1. The predicted octanol–water partition coefficient (Wildman–Crippen LogP) is 4.53. The van der Waals surface area contributed by atoms with E-state index in [2.05, 4.69) is 25.4 Å². The molecule has 0 radical (unpaired) electrons. The molecule has 0 bridgehead atoms. The van der Waals surface area contributed by atoms with Crippen LogP contribution in [0.3, 0.4) is 0 Å². The lowest BCUT2D eigenvalue weighted by molar-refractivity contribution is 0.0901. The molecule has 3 aromatic heterocycles. The molecule has 1 fully saturated rings. The number of nitrogens with zero attached hydrogens (tertiary/aromatic N) is 5. The first-order valence-electron chi connectivity index (χ1n) is 13.1. The van der Waals surface area contributed by atoms with Crippen LogP contribution in [0, 0.1) is 12.7 Å². The summed E-state index contributed by atoms with van der Waals surface area (Å²) in [7, 11) is 0. The lowest BCUT2D eigenvalue weighted by atomic mass is 10.0. The van der Waals surface area contributed by atoms with E-state index in [1.54, 1.807) is 23.1 Å². The summed E-state index contributed by atoms with van der Waals surface area (Å²) in [5, 5.41) is 13.7. The van der Waals surface area contributed by atoms with Crippen LogP contribution in [0.15, 0.2) is 76.1 Å². The third-order valence-electron chi connectivity index (χ3n) is 7.22. The largest absolute Gasteiger partial charge is 0.468 e. The van der Waals surface area contributed by atoms with Crippen LogP contribution in [0.1, 0.15) is 47.2 Å². The standard InChI is InChI=1S/C29H29FN6O3/c1-19-5-2-6-21-15-25(29(37)31-26(19)21)27(28-32-33-34-36(28)18-24-8-4-14-39-24)35(17-23-7-3-13-38-23)16-20-9-11-22(30)12-10-20/h2-3,5-7,9-13,15,24,27H,4,8,14,16-18H2,1H3,(H,31,37). The number of benzene rings is 2. The van der Waals surface area contributed by atoms with Gasteiger partial charge in [0.25, 0.3) is 5.56 Å². The van der Waals surface area contributed by atoms with Crippen molar-refractivity contribution in [2.24, 2.45) is 0 Å². The molecule has 0 spiro atoms. The summed E-state index contributed by atoms with van der Waals surface area (Å²) in [6.07, 6.45) is 3.53. The number of H-pyrrole nitrogens is 1. The number of aryl methyl sites for hydroxylation is 1. The summed E-state index contributed by atoms with van der Waals surface area (Å²) >= 11 is 0. The van der Waals surface area contributed by atoms with Crippen molar-refractivity contribution in [1.29, 1.82) is 0 Å². The van der Waals surface area contributed by atoms with Crippen LogP contribution < -0.4 is 5.56 Å². The molecule has 2 unspecified atom stereocenters. The molecule has 1 aliphatic rings. The second-order valence-electron chi connectivity index (χ2n) is 9.96. The molecule has 200 valence electrons. The number of rotatable bonds is 9. The van der Waals surface area contributed by atoms with Gasteiger partial charge in [-0.25, -0.2) is 9.07 Å². The van der Waals surface area contributed by atoms with E-state index in [-0.39, 0.29) is 17.5 Å². The Hall–Kier alpha value is -4.15. The average Bonchev–Trinajstić information content (AvgIpc) is 3.72. The highest BCUT2D eigenvalue weighted by Crippen LogP contribution is 2.31. The average molecular weight is 529 g/mol. The van der Waals surface area contributed by atoms with E-state index < -0.39 is 6.04 Å². The molecule has 0 amide bonds. The van der Waals surface area contributed by atoms with Crippen LogP contribution in [-0.4, -0.2) is 42.8 Å². The topological polar surface area (TPSA) is 102 Å². The zero-order valence-electron chi connectivity index (χ0n) is 21.6. The molecule has 0 saturated carbocycles. The van der Waals surface area contributed by atoms with Gasteiger partial charge in [0.05, 0.1) is 31.0 Å². The van der Waals surface area contributed by atoms with E-state index in [1.807, 2.05) is 43.3 Å². The Kier molecular flexibility index (Phi) is 7.04. The fourth-order valence-corrected chi connectivity index (χ4v) is 5.29. The Morgan fingerprint density at radius 3 is 2.79 bits per heavy atom. The monoisotopic (exact) mass is 528 g/mol. The number of fused-ring (bicyclic) bond motifs is 1. The van der Waals surface area contributed by atoms with Gasteiger partial charge in [0, 0.05) is 18.7 Å². The van der Waals surface area contributed by atoms with Gasteiger partial charge in [0.2, 0.25) is 0 Å². The molecule has 5 aromatic rings. The van der Waals surface area contributed by atoms with Crippen molar-refractivity contribution in [1.82, 2.24) is 30.1 Å². The number of hydrogen-bond donors (Lipinski definition) is 1. The molecule has 2 atom stereocenters. The van der Waals surface area contributed by atoms with Crippen LogP contribution in [0.4, 0.5) is 4.39 Å². The number of para-hydroxylation sites is 1. The normalized spacial score (nSPS) is 16.3. The first-order valence-corrected chi connectivity index (χ1v) is 13.1. The molecular weight excluding hydrogens is 499 g/mol. The minimum Gasteiger partial charge on any atom is -0.468 e. The zero-order valence-corrected chi connectivity index (χ0v) is 21.6. The van der Waals surface area contributed by atoms with E-state index in [1.165, 1.54) is 12.1 Å². The van der Waals surface area contributed by atoms with Crippen LogP contribution in [0.25, 0.3) is 10.9 Å². The summed E-state index contributed by atoms with van der Waals surface area (Å²) in [6, 6.07) is 17.3. The molecule has 9 nitrogen and oxygen atoms in total. The fraction of sp³-hybridized carbons (Fsp3) is 0.310. The minimum atomic E-state index is -0.634. The van der Waals surface area contributed by atoms with Crippen molar-refractivity contribution < 1.29 is 13.5 Å². The quantitative estimate of drug-likeness (QED) is 0.300. The number of aromatic nitrogens is 5. The van der Waals surface area contributed by atoms with E-state index in [0.29, 0.717) is 43.4 Å². The van der Waals surface area contributed by atoms with Crippen LogP contribution in [0.2, 0.25) is 0 Å². The van der Waals surface area contributed by atoms with Gasteiger partial charge in [0.15, 0.2) is 5.82 Å². The smallest absolute Gasteiger partial charge is 0.253 e. The number of aromatic amines is 1. The van der Waals surface area contributed by atoms with E-state index in [9.17, 15) is 9.18 Å². The van der Waals surface area contributed by atoms with E-state index >= 15 is 0 Å². The highest BCUT2D eigenvalue weighted by atomic mass is 19.1. The number of furan rings is 1. The molecule has 4 heterocycles. The molecule has 1 aliphatic heterocycles. The van der Waals surface area contributed by atoms with Gasteiger partial charge in [-0.05, 0) is 77.0 Å². The number of halogens is 1. The number of ether oxygens (including phenoxy) is 1. The van der Waals surface area contributed by atoms with Crippen LogP contribution in [-0.2, 0) is 24.4 Å². The number of nitrogens with one attached hydrogen (secondary N) is 1. The summed E-state index contributed by atoms with van der Waals surface area (Å²) < 4.78 is 27.1. The molecule has 1 N–H and O–H groups in total. The van der Waals surface area contributed by atoms with Gasteiger partial charge in [0.1, 0.15) is 17.6 Å². The Morgan fingerprint density at radius 1 is 1.15 bits per heavy atom. The first-order chi connectivity index (χ1) is 19.0. The van der Waals surface area contributed by atoms with Gasteiger partial charge in [-0.15, -0.1) is 5.10 Å². The third-order valence-corrected chi connectivity index (χ3v) is 7.22. The molecule has 2 aromatic carbocycles. The van der Waals surface area contributed by atoms with Gasteiger partial charge in [-0.1, -0.05) is 30.3 Å². The Balaban J connectivity index is 1.50. The predicted molar refractivity (Wildman–Crippen MR) is 142 cm³/mol.